The van der Waals surface area contributed by atoms with E-state index in [1.807, 2.05) is 0 Å². The number of anilines is 1. The van der Waals surface area contributed by atoms with E-state index in [0.29, 0.717) is 6.20 Å². The number of hydrogen-bond acceptors (Lipinski definition) is 5. The van der Waals surface area contributed by atoms with Gasteiger partial charge in [0.2, 0.25) is 5.28 Å². The van der Waals surface area contributed by atoms with Crippen LogP contribution >= 0.6 is 11.6 Å². The van der Waals surface area contributed by atoms with Crippen molar-refractivity contribution in [1.82, 2.24) is 9.97 Å². The molecular formula is C11H12ClF6N3O3. The Hall–Kier alpha value is -1.82. The van der Waals surface area contributed by atoms with Crippen molar-refractivity contribution in [3.8, 4) is 0 Å². The van der Waals surface area contributed by atoms with E-state index in [2.05, 4.69) is 15.3 Å². The first-order valence-corrected chi connectivity index (χ1v) is 6.38. The lowest BCUT2D eigenvalue weighted by Gasteiger charge is -2.19. The van der Waals surface area contributed by atoms with Gasteiger partial charge < -0.3 is 15.5 Å². The summed E-state index contributed by atoms with van der Waals surface area (Å²) in [6.07, 6.45) is -9.89. The molecule has 0 saturated carbocycles. The number of alkyl halides is 6. The predicted molar refractivity (Wildman–Crippen MR) is 70.5 cm³/mol. The molecule has 1 aromatic rings. The number of aliphatic hydroxyl groups is 1. The average molecular weight is 384 g/mol. The zero-order chi connectivity index (χ0) is 19.3. The van der Waals surface area contributed by atoms with Gasteiger partial charge >= 0.3 is 18.3 Å². The van der Waals surface area contributed by atoms with Crippen molar-refractivity contribution in [3.63, 3.8) is 0 Å². The molecule has 3 N–H and O–H groups in total. The van der Waals surface area contributed by atoms with Gasteiger partial charge in [-0.3, -0.25) is 0 Å². The maximum Gasteiger partial charge on any atom is 0.490 e. The number of carbonyl (C=O) groups is 1. The number of nitrogens with zero attached hydrogens (tertiary/aromatic N) is 2. The van der Waals surface area contributed by atoms with Crippen LogP contribution in [-0.4, -0.2) is 44.5 Å². The van der Waals surface area contributed by atoms with Crippen LogP contribution in [0.15, 0.2) is 6.20 Å². The number of rotatable bonds is 3. The minimum Gasteiger partial charge on any atom is -0.475 e. The Morgan fingerprint density at radius 1 is 1.25 bits per heavy atom. The summed E-state index contributed by atoms with van der Waals surface area (Å²) in [6.45, 7) is 2.98. The van der Waals surface area contributed by atoms with Crippen LogP contribution in [0.3, 0.4) is 0 Å². The lowest BCUT2D eigenvalue weighted by molar-refractivity contribution is -0.192. The van der Waals surface area contributed by atoms with Crippen molar-refractivity contribution in [3.05, 3.63) is 17.0 Å². The Labute approximate surface area is 136 Å². The van der Waals surface area contributed by atoms with E-state index in [1.165, 1.54) is 13.8 Å². The molecule has 6 nitrogen and oxygen atoms in total. The van der Waals surface area contributed by atoms with Crippen molar-refractivity contribution in [1.29, 1.82) is 0 Å². The molecule has 0 aliphatic carbocycles. The summed E-state index contributed by atoms with van der Waals surface area (Å²) < 4.78 is 69.6. The van der Waals surface area contributed by atoms with Gasteiger partial charge in [0.15, 0.2) is 0 Å². The zero-order valence-corrected chi connectivity index (χ0v) is 12.8. The zero-order valence-electron chi connectivity index (χ0n) is 12.1. The molecule has 0 saturated heterocycles. The Bertz CT molecular complexity index is 565. The summed E-state index contributed by atoms with van der Waals surface area (Å²) in [7, 11) is 0. The van der Waals surface area contributed by atoms with Gasteiger partial charge in [-0.15, -0.1) is 0 Å². The van der Waals surface area contributed by atoms with Gasteiger partial charge in [-0.05, 0) is 25.4 Å². The summed E-state index contributed by atoms with van der Waals surface area (Å²) in [5.74, 6) is -3.20. The smallest absolute Gasteiger partial charge is 0.475 e. The highest BCUT2D eigenvalue weighted by Crippen LogP contribution is 2.34. The highest BCUT2D eigenvalue weighted by molar-refractivity contribution is 6.28. The second-order valence-electron chi connectivity index (χ2n) is 4.38. The molecule has 0 unspecified atom stereocenters. The Kier molecular flexibility index (Phi) is 7.70. The van der Waals surface area contributed by atoms with Gasteiger partial charge in [0.1, 0.15) is 11.4 Å². The molecule has 0 spiro atoms. The van der Waals surface area contributed by atoms with E-state index in [1.54, 1.807) is 0 Å². The Morgan fingerprint density at radius 3 is 2.04 bits per heavy atom. The van der Waals surface area contributed by atoms with Crippen LogP contribution in [0.2, 0.25) is 5.28 Å². The molecule has 0 amide bonds. The molecule has 1 rings (SSSR count). The van der Waals surface area contributed by atoms with Gasteiger partial charge in [0, 0.05) is 6.20 Å². The molecule has 2 atom stereocenters. The van der Waals surface area contributed by atoms with Crippen molar-refractivity contribution >= 4 is 23.4 Å². The quantitative estimate of drug-likeness (QED) is 0.548. The number of hydrogen-bond donors (Lipinski definition) is 3. The van der Waals surface area contributed by atoms with Crippen molar-refractivity contribution in [2.24, 2.45) is 0 Å². The van der Waals surface area contributed by atoms with E-state index in [-0.39, 0.29) is 5.28 Å². The van der Waals surface area contributed by atoms with Crippen LogP contribution in [0, 0.1) is 0 Å². The third kappa shape index (κ3) is 7.64. The lowest BCUT2D eigenvalue weighted by Crippen LogP contribution is -2.29. The number of aliphatic hydroxyl groups excluding tert-OH is 1. The van der Waals surface area contributed by atoms with Crippen molar-refractivity contribution < 1.29 is 41.4 Å². The first kappa shape index (κ1) is 22.2. The van der Waals surface area contributed by atoms with Gasteiger partial charge in [-0.1, -0.05) is 0 Å². The molecule has 0 fully saturated rings. The Morgan fingerprint density at radius 2 is 1.71 bits per heavy atom. The molecule has 138 valence electrons. The molecule has 13 heteroatoms. The third-order valence-corrected chi connectivity index (χ3v) is 2.58. The summed E-state index contributed by atoms with van der Waals surface area (Å²) in [5, 5.41) is 18.5. The first-order valence-electron chi connectivity index (χ1n) is 6.00. The van der Waals surface area contributed by atoms with Crippen LogP contribution < -0.4 is 5.32 Å². The molecule has 0 aliphatic heterocycles. The van der Waals surface area contributed by atoms with Gasteiger partial charge in [-0.25, -0.2) is 14.8 Å². The van der Waals surface area contributed by atoms with Crippen LogP contribution in [0.1, 0.15) is 19.4 Å². The molecule has 0 aromatic carbocycles. The number of nitrogens with one attached hydrogen (secondary N) is 1. The number of halogens is 7. The fraction of sp³-hybridized carbons (Fsp3) is 0.545. The molecule has 0 radical (unpaired) electrons. The number of aromatic nitrogens is 2. The molecule has 24 heavy (non-hydrogen) atoms. The van der Waals surface area contributed by atoms with Crippen LogP contribution in [0.5, 0.6) is 0 Å². The fourth-order valence-electron chi connectivity index (χ4n) is 1.01. The van der Waals surface area contributed by atoms with Crippen LogP contribution in [0.4, 0.5) is 32.2 Å². The van der Waals surface area contributed by atoms with Gasteiger partial charge in [0.25, 0.3) is 0 Å². The maximum absolute atomic E-state index is 12.6. The molecule has 0 bridgehead atoms. The Balaban J connectivity index is 0.000000640. The SMILES string of the molecule is C[C@@H](O)[C@@H](C)Nc1nc(Cl)ncc1C(F)(F)F.O=C(O)C(F)(F)F. The summed E-state index contributed by atoms with van der Waals surface area (Å²) in [6, 6.07) is -0.595. The largest absolute Gasteiger partial charge is 0.490 e. The second-order valence-corrected chi connectivity index (χ2v) is 4.71. The minimum absolute atomic E-state index is 0.293. The van der Waals surface area contributed by atoms with E-state index in [9.17, 15) is 31.4 Å². The number of carboxylic acids is 1. The van der Waals surface area contributed by atoms with E-state index in [0.717, 1.165) is 0 Å². The molecule has 1 aromatic heterocycles. The average Bonchev–Trinajstić information content (AvgIpc) is 2.36. The molecule has 0 aliphatic rings. The summed E-state index contributed by atoms with van der Waals surface area (Å²) in [4.78, 5) is 15.7. The van der Waals surface area contributed by atoms with E-state index in [4.69, 9.17) is 21.5 Å². The monoisotopic (exact) mass is 383 g/mol. The highest BCUT2D eigenvalue weighted by atomic mass is 35.5. The molecule has 1 heterocycles. The fourth-order valence-corrected chi connectivity index (χ4v) is 1.15. The summed E-state index contributed by atoms with van der Waals surface area (Å²) >= 11 is 5.44. The van der Waals surface area contributed by atoms with Gasteiger partial charge in [0.05, 0.1) is 12.1 Å². The minimum atomic E-state index is -5.08. The van der Waals surface area contributed by atoms with Crippen LogP contribution in [-0.2, 0) is 11.0 Å². The third-order valence-electron chi connectivity index (χ3n) is 2.40. The van der Waals surface area contributed by atoms with Crippen molar-refractivity contribution in [2.75, 3.05) is 5.32 Å². The van der Waals surface area contributed by atoms with Crippen molar-refractivity contribution in [2.45, 2.75) is 38.3 Å². The second kappa shape index (κ2) is 8.33. The topological polar surface area (TPSA) is 95.3 Å². The lowest BCUT2D eigenvalue weighted by atomic mass is 10.2. The molecular weight excluding hydrogens is 372 g/mol. The highest BCUT2D eigenvalue weighted by Gasteiger charge is 2.38. The van der Waals surface area contributed by atoms with Crippen LogP contribution in [0.25, 0.3) is 0 Å². The van der Waals surface area contributed by atoms with Gasteiger partial charge in [-0.2, -0.15) is 26.3 Å². The number of aliphatic carboxylic acids is 1. The number of carboxylic acid groups (broad SMARTS) is 1. The maximum atomic E-state index is 12.6. The summed E-state index contributed by atoms with van der Waals surface area (Å²) in [5.41, 5.74) is -1.02. The predicted octanol–water partition coefficient (Wildman–Crippen LogP) is 2.96. The standard InChI is InChI=1S/C9H11ClF3N3O.C2HF3O2/c1-4(5(2)17)15-7-6(9(11,12)13)3-14-8(10)16-7;3-2(4,5)1(6)7/h3-5,17H,1-2H3,(H,14,15,16);(H,6,7)/t4-,5-;/m1./s1. The normalized spacial score (nSPS) is 14.2. The van der Waals surface area contributed by atoms with E-state index >= 15 is 0 Å². The van der Waals surface area contributed by atoms with E-state index < -0.39 is 41.8 Å². The first-order chi connectivity index (χ1) is 10.7.